The van der Waals surface area contributed by atoms with Crippen molar-refractivity contribution >= 4 is 5.69 Å². The molecule has 0 amide bonds. The number of anilines is 1. The van der Waals surface area contributed by atoms with Crippen molar-refractivity contribution in [2.24, 2.45) is 0 Å². The van der Waals surface area contributed by atoms with Crippen LogP contribution in [-0.2, 0) is 6.42 Å². The molecule has 0 aliphatic carbocycles. The van der Waals surface area contributed by atoms with Crippen LogP contribution in [0.1, 0.15) is 12.5 Å². The molecule has 15 heavy (non-hydrogen) atoms. The van der Waals surface area contributed by atoms with E-state index >= 15 is 0 Å². The third-order valence-electron chi connectivity index (χ3n) is 2.53. The summed E-state index contributed by atoms with van der Waals surface area (Å²) in [4.78, 5) is 2.23. The zero-order valence-electron chi connectivity index (χ0n) is 9.32. The molecule has 3 N–H and O–H groups in total. The number of hydrogen-bond acceptors (Lipinski definition) is 3. The van der Waals surface area contributed by atoms with Crippen molar-refractivity contribution in [2.45, 2.75) is 13.3 Å². The number of aliphatic hydroxyl groups excluding tert-OH is 1. The summed E-state index contributed by atoms with van der Waals surface area (Å²) < 4.78 is 0. The number of hydrogen-bond donors (Lipinski definition) is 2. The van der Waals surface area contributed by atoms with E-state index in [1.807, 2.05) is 18.2 Å². The first-order valence-electron chi connectivity index (χ1n) is 5.44. The molecule has 0 aromatic heterocycles. The SMILES string of the molecule is CCN(CCO)CCc1cccc(N)c1. The van der Waals surface area contributed by atoms with Gasteiger partial charge in [0, 0.05) is 18.8 Å². The van der Waals surface area contributed by atoms with E-state index < -0.39 is 0 Å². The van der Waals surface area contributed by atoms with Crippen LogP contribution in [-0.4, -0.2) is 36.2 Å². The number of nitrogens with zero attached hydrogens (tertiary/aromatic N) is 1. The highest BCUT2D eigenvalue weighted by atomic mass is 16.3. The van der Waals surface area contributed by atoms with Gasteiger partial charge in [-0.2, -0.15) is 0 Å². The molecule has 1 aromatic carbocycles. The van der Waals surface area contributed by atoms with Crippen LogP contribution in [0.5, 0.6) is 0 Å². The van der Waals surface area contributed by atoms with Crippen molar-refractivity contribution < 1.29 is 5.11 Å². The lowest BCUT2D eigenvalue weighted by Crippen LogP contribution is -2.28. The van der Waals surface area contributed by atoms with Gasteiger partial charge in [0.1, 0.15) is 0 Å². The average Bonchev–Trinajstić information content (AvgIpc) is 2.24. The fraction of sp³-hybridized carbons (Fsp3) is 0.500. The average molecular weight is 208 g/mol. The molecule has 3 nitrogen and oxygen atoms in total. The van der Waals surface area contributed by atoms with Crippen molar-refractivity contribution in [2.75, 3.05) is 32.0 Å². The number of aliphatic hydroxyl groups is 1. The Morgan fingerprint density at radius 2 is 2.13 bits per heavy atom. The molecule has 1 rings (SSSR count). The summed E-state index contributed by atoms with van der Waals surface area (Å²) in [6, 6.07) is 7.97. The summed E-state index contributed by atoms with van der Waals surface area (Å²) >= 11 is 0. The summed E-state index contributed by atoms with van der Waals surface area (Å²) in [5.41, 5.74) is 7.78. The van der Waals surface area contributed by atoms with Gasteiger partial charge < -0.3 is 15.7 Å². The van der Waals surface area contributed by atoms with Gasteiger partial charge in [-0.05, 0) is 30.7 Å². The molecule has 3 heteroatoms. The van der Waals surface area contributed by atoms with Crippen molar-refractivity contribution in [3.8, 4) is 0 Å². The maximum atomic E-state index is 8.85. The van der Waals surface area contributed by atoms with Gasteiger partial charge in [0.25, 0.3) is 0 Å². The van der Waals surface area contributed by atoms with E-state index in [4.69, 9.17) is 10.8 Å². The van der Waals surface area contributed by atoms with Crippen LogP contribution in [0, 0.1) is 0 Å². The van der Waals surface area contributed by atoms with E-state index in [9.17, 15) is 0 Å². The molecule has 1 aromatic rings. The first-order valence-corrected chi connectivity index (χ1v) is 5.44. The molecule has 0 saturated carbocycles. The molecule has 0 unspecified atom stereocenters. The fourth-order valence-corrected chi connectivity index (χ4v) is 1.61. The van der Waals surface area contributed by atoms with Gasteiger partial charge in [0.15, 0.2) is 0 Å². The molecule has 0 saturated heterocycles. The van der Waals surface area contributed by atoms with E-state index in [2.05, 4.69) is 17.9 Å². The molecular weight excluding hydrogens is 188 g/mol. The minimum Gasteiger partial charge on any atom is -0.399 e. The third-order valence-corrected chi connectivity index (χ3v) is 2.53. The maximum Gasteiger partial charge on any atom is 0.0558 e. The number of nitrogen functional groups attached to an aromatic ring is 1. The van der Waals surface area contributed by atoms with Gasteiger partial charge in [-0.1, -0.05) is 19.1 Å². The Bertz CT molecular complexity index is 289. The molecule has 0 atom stereocenters. The van der Waals surface area contributed by atoms with E-state index in [0.717, 1.165) is 31.7 Å². The monoisotopic (exact) mass is 208 g/mol. The lowest BCUT2D eigenvalue weighted by atomic mass is 10.1. The number of likely N-dealkylation sites (N-methyl/N-ethyl adjacent to an activating group) is 1. The minimum absolute atomic E-state index is 0.227. The van der Waals surface area contributed by atoms with Crippen LogP contribution in [0.15, 0.2) is 24.3 Å². The molecule has 84 valence electrons. The molecule has 0 aliphatic heterocycles. The lowest BCUT2D eigenvalue weighted by Gasteiger charge is -2.18. The molecule has 0 spiro atoms. The molecule has 0 bridgehead atoms. The van der Waals surface area contributed by atoms with E-state index in [-0.39, 0.29) is 6.61 Å². The molecular formula is C12H20N2O. The summed E-state index contributed by atoms with van der Waals surface area (Å²) in [6.07, 6.45) is 0.985. The van der Waals surface area contributed by atoms with E-state index in [0.29, 0.717) is 0 Å². The third kappa shape index (κ3) is 4.32. The molecule has 0 radical (unpaired) electrons. The first kappa shape index (κ1) is 12.0. The fourth-order valence-electron chi connectivity index (χ4n) is 1.61. The highest BCUT2D eigenvalue weighted by Gasteiger charge is 2.01. The minimum atomic E-state index is 0.227. The van der Waals surface area contributed by atoms with Gasteiger partial charge >= 0.3 is 0 Å². The predicted octanol–water partition coefficient (Wildman–Crippen LogP) is 1.13. The molecule has 0 aliphatic rings. The molecule has 0 heterocycles. The van der Waals surface area contributed by atoms with Crippen LogP contribution in [0.4, 0.5) is 5.69 Å². The quantitative estimate of drug-likeness (QED) is 0.689. The zero-order chi connectivity index (χ0) is 11.1. The zero-order valence-corrected chi connectivity index (χ0v) is 9.32. The highest BCUT2D eigenvalue weighted by molar-refractivity contribution is 5.40. The van der Waals surface area contributed by atoms with Crippen LogP contribution in [0.3, 0.4) is 0 Å². The topological polar surface area (TPSA) is 49.5 Å². The summed E-state index contributed by atoms with van der Waals surface area (Å²) in [6.45, 7) is 5.03. The second-order valence-electron chi connectivity index (χ2n) is 3.65. The van der Waals surface area contributed by atoms with Crippen molar-refractivity contribution in [1.29, 1.82) is 0 Å². The van der Waals surface area contributed by atoms with Crippen LogP contribution < -0.4 is 5.73 Å². The number of benzene rings is 1. The number of nitrogens with two attached hydrogens (primary N) is 1. The number of rotatable bonds is 6. The Morgan fingerprint density at radius 3 is 2.73 bits per heavy atom. The largest absolute Gasteiger partial charge is 0.399 e. The molecule has 0 fully saturated rings. The highest BCUT2D eigenvalue weighted by Crippen LogP contribution is 2.07. The predicted molar refractivity (Wildman–Crippen MR) is 63.8 cm³/mol. The van der Waals surface area contributed by atoms with Crippen LogP contribution >= 0.6 is 0 Å². The van der Waals surface area contributed by atoms with Gasteiger partial charge in [0.2, 0.25) is 0 Å². The summed E-state index contributed by atoms with van der Waals surface area (Å²) in [7, 11) is 0. The van der Waals surface area contributed by atoms with Crippen molar-refractivity contribution in [3.05, 3.63) is 29.8 Å². The Morgan fingerprint density at radius 1 is 1.33 bits per heavy atom. The van der Waals surface area contributed by atoms with E-state index in [1.54, 1.807) is 0 Å². The Labute approximate surface area is 91.5 Å². The second kappa shape index (κ2) is 6.43. The second-order valence-corrected chi connectivity index (χ2v) is 3.65. The lowest BCUT2D eigenvalue weighted by molar-refractivity contribution is 0.203. The summed E-state index contributed by atoms with van der Waals surface area (Å²) in [5, 5.41) is 8.85. The van der Waals surface area contributed by atoms with Gasteiger partial charge in [-0.25, -0.2) is 0 Å². The standard InChI is InChI=1S/C12H20N2O/c1-2-14(8-9-15)7-6-11-4-3-5-12(13)10-11/h3-5,10,15H,2,6-9,13H2,1H3. The van der Waals surface area contributed by atoms with E-state index in [1.165, 1.54) is 5.56 Å². The Hall–Kier alpha value is -1.06. The van der Waals surface area contributed by atoms with Gasteiger partial charge in [0.05, 0.1) is 6.61 Å². The Kier molecular flexibility index (Phi) is 5.15. The van der Waals surface area contributed by atoms with Crippen LogP contribution in [0.2, 0.25) is 0 Å². The van der Waals surface area contributed by atoms with Gasteiger partial charge in [-0.15, -0.1) is 0 Å². The Balaban J connectivity index is 2.41. The first-order chi connectivity index (χ1) is 7.26. The van der Waals surface area contributed by atoms with Crippen molar-refractivity contribution in [3.63, 3.8) is 0 Å². The smallest absolute Gasteiger partial charge is 0.0558 e. The van der Waals surface area contributed by atoms with Crippen LogP contribution in [0.25, 0.3) is 0 Å². The maximum absolute atomic E-state index is 8.85. The summed E-state index contributed by atoms with van der Waals surface area (Å²) in [5.74, 6) is 0. The van der Waals surface area contributed by atoms with Crippen molar-refractivity contribution in [1.82, 2.24) is 4.90 Å². The normalized spacial score (nSPS) is 10.9. The van der Waals surface area contributed by atoms with Gasteiger partial charge in [-0.3, -0.25) is 0 Å².